The second kappa shape index (κ2) is 2.56. The van der Waals surface area contributed by atoms with E-state index in [2.05, 4.69) is 0 Å². The van der Waals surface area contributed by atoms with Gasteiger partial charge in [0.25, 0.3) is 0 Å². The Morgan fingerprint density at radius 2 is 2.10 bits per heavy atom. The van der Waals surface area contributed by atoms with Gasteiger partial charge >= 0.3 is 5.97 Å². The molecule has 1 aliphatic carbocycles. The molecule has 5 N–H and O–H groups in total. The Bertz CT molecular complexity index is 140. The Hall–Kier alpha value is -0.610. The number of aliphatic carboxylic acids is 1. The van der Waals surface area contributed by atoms with Crippen LogP contribution in [0.25, 0.3) is 0 Å². The predicted molar refractivity (Wildman–Crippen MR) is 36.6 cm³/mol. The summed E-state index contributed by atoms with van der Waals surface area (Å²) in [5.41, 5.74) is 4.49. The third kappa shape index (κ3) is 1.46. The fourth-order valence-electron chi connectivity index (χ4n) is 0.858. The fraction of sp³-hybridized carbons (Fsp3) is 0.833. The Kier molecular flexibility index (Phi) is 2.40. The molecule has 1 saturated carbocycles. The van der Waals surface area contributed by atoms with Crippen LogP contribution < -0.4 is 5.73 Å². The summed E-state index contributed by atoms with van der Waals surface area (Å²) >= 11 is 0. The smallest absolute Gasteiger partial charge is 0.323 e. The molecule has 0 aliphatic heterocycles. The highest BCUT2D eigenvalue weighted by Crippen LogP contribution is 2.37. The van der Waals surface area contributed by atoms with Gasteiger partial charge in [-0.2, -0.15) is 0 Å². The Balaban J connectivity index is 0.000000810. The molecule has 1 fully saturated rings. The molecule has 1 aliphatic rings. The van der Waals surface area contributed by atoms with Crippen molar-refractivity contribution < 1.29 is 15.4 Å². The van der Waals surface area contributed by atoms with Gasteiger partial charge in [-0.15, -0.1) is 0 Å². The van der Waals surface area contributed by atoms with Crippen molar-refractivity contribution in [3.05, 3.63) is 0 Å². The van der Waals surface area contributed by atoms with E-state index >= 15 is 0 Å². The summed E-state index contributed by atoms with van der Waals surface area (Å²) in [7, 11) is 0. The maximum Gasteiger partial charge on any atom is 0.323 e. The first-order chi connectivity index (χ1) is 4.05. The molecular weight excluding hydrogens is 134 g/mol. The Morgan fingerprint density at radius 3 is 2.20 bits per heavy atom. The normalized spacial score (nSPS) is 22.6. The summed E-state index contributed by atoms with van der Waals surface area (Å²) in [5.74, 6) is -0.667. The summed E-state index contributed by atoms with van der Waals surface area (Å²) in [6.07, 6.45) is 1.94. The van der Waals surface area contributed by atoms with E-state index in [1.54, 1.807) is 6.92 Å². The molecule has 0 bridgehead atoms. The summed E-state index contributed by atoms with van der Waals surface area (Å²) < 4.78 is 0. The Labute approximate surface area is 59.3 Å². The summed E-state index contributed by atoms with van der Waals surface area (Å²) in [6, 6.07) is 0. The molecule has 0 aromatic heterocycles. The fourth-order valence-corrected chi connectivity index (χ4v) is 0.858. The molecule has 1 atom stereocenters. The minimum absolute atomic E-state index is 0. The van der Waals surface area contributed by atoms with Crippen LogP contribution in [0.5, 0.6) is 0 Å². The van der Waals surface area contributed by atoms with Gasteiger partial charge < -0.3 is 16.3 Å². The second-order valence-corrected chi connectivity index (χ2v) is 2.86. The van der Waals surface area contributed by atoms with Gasteiger partial charge in [-0.05, 0) is 25.7 Å². The van der Waals surface area contributed by atoms with Crippen LogP contribution in [0, 0.1) is 5.92 Å². The largest absolute Gasteiger partial charge is 0.480 e. The van der Waals surface area contributed by atoms with Crippen LogP contribution >= 0.6 is 0 Å². The highest BCUT2D eigenvalue weighted by Gasteiger charge is 2.44. The highest BCUT2D eigenvalue weighted by atomic mass is 16.4. The molecular formula is C6H13NO3. The van der Waals surface area contributed by atoms with Crippen molar-refractivity contribution in [3.8, 4) is 0 Å². The maximum atomic E-state index is 10.4. The average Bonchev–Trinajstić information content (AvgIpc) is 2.42. The number of carboxylic acids is 1. The van der Waals surface area contributed by atoms with Crippen molar-refractivity contribution in [2.75, 3.05) is 0 Å². The van der Waals surface area contributed by atoms with E-state index < -0.39 is 11.5 Å². The SMILES string of the molecule is C[C@](N)(C(=O)O)C1CC1.O. The molecule has 0 aromatic carbocycles. The zero-order valence-corrected chi connectivity index (χ0v) is 5.92. The number of hydrogen-bond acceptors (Lipinski definition) is 2. The van der Waals surface area contributed by atoms with Crippen molar-refractivity contribution in [1.82, 2.24) is 0 Å². The van der Waals surface area contributed by atoms with Gasteiger partial charge in [0, 0.05) is 0 Å². The Morgan fingerprint density at radius 1 is 1.70 bits per heavy atom. The first-order valence-electron chi connectivity index (χ1n) is 3.07. The number of carboxylic acid groups (broad SMARTS) is 1. The molecule has 60 valence electrons. The van der Waals surface area contributed by atoms with Crippen molar-refractivity contribution >= 4 is 5.97 Å². The van der Waals surface area contributed by atoms with Gasteiger partial charge in [0.05, 0.1) is 0 Å². The first-order valence-corrected chi connectivity index (χ1v) is 3.07. The molecule has 1 rings (SSSR count). The lowest BCUT2D eigenvalue weighted by molar-refractivity contribution is -0.143. The van der Waals surface area contributed by atoms with Gasteiger partial charge in [0.1, 0.15) is 5.54 Å². The zero-order valence-electron chi connectivity index (χ0n) is 5.92. The van der Waals surface area contributed by atoms with Gasteiger partial charge in [-0.1, -0.05) is 0 Å². The van der Waals surface area contributed by atoms with Gasteiger partial charge in [0.2, 0.25) is 0 Å². The summed E-state index contributed by atoms with van der Waals surface area (Å²) in [5, 5.41) is 8.53. The second-order valence-electron chi connectivity index (χ2n) is 2.86. The standard InChI is InChI=1S/C6H11NO2.H2O/c1-6(7,5(8)9)4-2-3-4;/h4H,2-3,7H2,1H3,(H,8,9);1H2/t6-;/m1./s1. The van der Waals surface area contributed by atoms with Crippen molar-refractivity contribution in [1.29, 1.82) is 0 Å². The van der Waals surface area contributed by atoms with E-state index in [0.29, 0.717) is 0 Å². The lowest BCUT2D eigenvalue weighted by atomic mass is 9.98. The summed E-state index contributed by atoms with van der Waals surface area (Å²) in [4.78, 5) is 10.4. The third-order valence-electron chi connectivity index (χ3n) is 1.89. The lowest BCUT2D eigenvalue weighted by Crippen LogP contribution is -2.46. The summed E-state index contributed by atoms with van der Waals surface area (Å²) in [6.45, 7) is 1.58. The minimum atomic E-state index is -0.972. The van der Waals surface area contributed by atoms with Crippen molar-refractivity contribution in [2.45, 2.75) is 25.3 Å². The predicted octanol–water partition coefficient (Wildman–Crippen LogP) is -0.626. The van der Waals surface area contributed by atoms with E-state index in [-0.39, 0.29) is 11.4 Å². The van der Waals surface area contributed by atoms with E-state index in [0.717, 1.165) is 12.8 Å². The van der Waals surface area contributed by atoms with Crippen molar-refractivity contribution in [2.24, 2.45) is 11.7 Å². The van der Waals surface area contributed by atoms with Gasteiger partial charge in [-0.25, -0.2) is 0 Å². The average molecular weight is 147 g/mol. The van der Waals surface area contributed by atoms with Gasteiger partial charge in [0.15, 0.2) is 0 Å². The molecule has 4 heteroatoms. The van der Waals surface area contributed by atoms with Gasteiger partial charge in [-0.3, -0.25) is 4.79 Å². The molecule has 0 heterocycles. The molecule has 0 unspecified atom stereocenters. The number of nitrogens with two attached hydrogens (primary N) is 1. The molecule has 0 radical (unpaired) electrons. The van der Waals surface area contributed by atoms with E-state index in [9.17, 15) is 4.79 Å². The van der Waals surface area contributed by atoms with E-state index in [1.807, 2.05) is 0 Å². The molecule has 10 heavy (non-hydrogen) atoms. The van der Waals surface area contributed by atoms with E-state index in [1.165, 1.54) is 0 Å². The van der Waals surface area contributed by atoms with Crippen LogP contribution in [-0.4, -0.2) is 22.1 Å². The quantitative estimate of drug-likeness (QED) is 0.544. The number of carbonyl (C=O) groups is 1. The molecule has 0 aromatic rings. The molecule has 4 nitrogen and oxygen atoms in total. The monoisotopic (exact) mass is 147 g/mol. The maximum absolute atomic E-state index is 10.4. The molecule has 0 spiro atoms. The third-order valence-corrected chi connectivity index (χ3v) is 1.89. The topological polar surface area (TPSA) is 94.8 Å². The van der Waals surface area contributed by atoms with E-state index in [4.69, 9.17) is 10.8 Å². The lowest BCUT2D eigenvalue weighted by Gasteiger charge is -2.17. The van der Waals surface area contributed by atoms with Crippen LogP contribution in [-0.2, 0) is 4.79 Å². The highest BCUT2D eigenvalue weighted by molar-refractivity contribution is 5.78. The molecule has 0 amide bonds. The van der Waals surface area contributed by atoms with Crippen LogP contribution in [0.4, 0.5) is 0 Å². The van der Waals surface area contributed by atoms with Crippen LogP contribution in [0.3, 0.4) is 0 Å². The van der Waals surface area contributed by atoms with Crippen molar-refractivity contribution in [3.63, 3.8) is 0 Å². The minimum Gasteiger partial charge on any atom is -0.480 e. The van der Waals surface area contributed by atoms with Crippen LogP contribution in [0.15, 0.2) is 0 Å². The number of hydrogen-bond donors (Lipinski definition) is 2. The number of rotatable bonds is 2. The van der Waals surface area contributed by atoms with Crippen LogP contribution in [0.1, 0.15) is 19.8 Å². The molecule has 0 saturated heterocycles. The van der Waals surface area contributed by atoms with Crippen LogP contribution in [0.2, 0.25) is 0 Å². The first kappa shape index (κ1) is 9.39. The zero-order chi connectivity index (χ0) is 7.07.